The van der Waals surface area contributed by atoms with Gasteiger partial charge in [-0.2, -0.15) is 0 Å². The first-order valence-electron chi connectivity index (χ1n) is 5.96. The molecule has 0 radical (unpaired) electrons. The summed E-state index contributed by atoms with van der Waals surface area (Å²) in [5.74, 6) is 0. The second kappa shape index (κ2) is 6.24. The average Bonchev–Trinajstić information content (AvgIpc) is 2.40. The highest BCUT2D eigenvalue weighted by atomic mass is 35.5. The van der Waals surface area contributed by atoms with Crippen molar-refractivity contribution in [3.63, 3.8) is 0 Å². The Morgan fingerprint density at radius 1 is 1.00 bits per heavy atom. The standard InChI is InChI=1S/C15H15Cl2N/c1-2-18-10-11-6-8-12(9-7-11)13-4-3-5-14(16)15(13)17/h3-9,18H,2,10H2,1H3. The molecule has 1 N–H and O–H groups in total. The second-order valence-electron chi connectivity index (χ2n) is 4.08. The van der Waals surface area contributed by atoms with Gasteiger partial charge in [-0.15, -0.1) is 0 Å². The summed E-state index contributed by atoms with van der Waals surface area (Å²) < 4.78 is 0. The van der Waals surface area contributed by atoms with Crippen LogP contribution in [0.2, 0.25) is 10.0 Å². The fourth-order valence-electron chi connectivity index (χ4n) is 1.80. The lowest BCUT2D eigenvalue weighted by atomic mass is 10.0. The summed E-state index contributed by atoms with van der Waals surface area (Å²) in [5.41, 5.74) is 3.32. The minimum absolute atomic E-state index is 0.589. The molecule has 0 amide bonds. The minimum Gasteiger partial charge on any atom is -0.313 e. The van der Waals surface area contributed by atoms with Crippen LogP contribution in [0.4, 0.5) is 0 Å². The van der Waals surface area contributed by atoms with Gasteiger partial charge < -0.3 is 5.32 Å². The van der Waals surface area contributed by atoms with Gasteiger partial charge in [-0.1, -0.05) is 66.5 Å². The Morgan fingerprint density at radius 3 is 2.39 bits per heavy atom. The summed E-state index contributed by atoms with van der Waals surface area (Å²) in [6.45, 7) is 3.96. The van der Waals surface area contributed by atoms with E-state index in [1.807, 2.05) is 12.1 Å². The number of halogens is 2. The van der Waals surface area contributed by atoms with Gasteiger partial charge in [0.05, 0.1) is 10.0 Å². The molecule has 0 saturated heterocycles. The topological polar surface area (TPSA) is 12.0 Å². The van der Waals surface area contributed by atoms with Crippen molar-refractivity contribution < 1.29 is 0 Å². The van der Waals surface area contributed by atoms with Crippen LogP contribution in [0.3, 0.4) is 0 Å². The first-order valence-corrected chi connectivity index (χ1v) is 6.72. The molecular formula is C15H15Cl2N. The zero-order valence-electron chi connectivity index (χ0n) is 10.2. The SMILES string of the molecule is CCNCc1ccc(-c2cccc(Cl)c2Cl)cc1. The van der Waals surface area contributed by atoms with Crippen LogP contribution in [0.1, 0.15) is 12.5 Å². The third-order valence-electron chi connectivity index (χ3n) is 2.80. The van der Waals surface area contributed by atoms with Crippen LogP contribution in [-0.2, 0) is 6.54 Å². The van der Waals surface area contributed by atoms with E-state index in [1.165, 1.54) is 5.56 Å². The fraction of sp³-hybridized carbons (Fsp3) is 0.200. The minimum atomic E-state index is 0.589. The van der Waals surface area contributed by atoms with Crippen molar-refractivity contribution in [1.29, 1.82) is 0 Å². The molecule has 1 nitrogen and oxygen atoms in total. The van der Waals surface area contributed by atoms with Crippen molar-refractivity contribution in [2.24, 2.45) is 0 Å². The molecule has 0 aliphatic carbocycles. The van der Waals surface area contributed by atoms with Crippen molar-refractivity contribution in [2.45, 2.75) is 13.5 Å². The number of hydrogen-bond acceptors (Lipinski definition) is 1. The highest BCUT2D eigenvalue weighted by Gasteiger charge is 2.06. The van der Waals surface area contributed by atoms with E-state index < -0.39 is 0 Å². The van der Waals surface area contributed by atoms with Crippen molar-refractivity contribution in [2.75, 3.05) is 6.54 Å². The average molecular weight is 280 g/mol. The summed E-state index contributed by atoms with van der Waals surface area (Å²) in [6, 6.07) is 14.1. The molecule has 2 rings (SSSR count). The van der Waals surface area contributed by atoms with E-state index >= 15 is 0 Å². The van der Waals surface area contributed by atoms with Crippen molar-refractivity contribution in [1.82, 2.24) is 5.32 Å². The quantitative estimate of drug-likeness (QED) is 0.850. The first kappa shape index (κ1) is 13.4. The maximum absolute atomic E-state index is 6.21. The van der Waals surface area contributed by atoms with Crippen LogP contribution < -0.4 is 5.32 Å². The van der Waals surface area contributed by atoms with Crippen molar-refractivity contribution in [3.05, 3.63) is 58.1 Å². The number of benzene rings is 2. The van der Waals surface area contributed by atoms with E-state index in [1.54, 1.807) is 6.07 Å². The Bertz CT molecular complexity index is 521. The molecule has 18 heavy (non-hydrogen) atoms. The highest BCUT2D eigenvalue weighted by Crippen LogP contribution is 2.33. The number of hydrogen-bond donors (Lipinski definition) is 1. The third-order valence-corrected chi connectivity index (χ3v) is 3.61. The fourth-order valence-corrected chi connectivity index (χ4v) is 2.21. The smallest absolute Gasteiger partial charge is 0.0670 e. The molecule has 0 aliphatic heterocycles. The zero-order chi connectivity index (χ0) is 13.0. The van der Waals surface area contributed by atoms with Crippen LogP contribution >= 0.6 is 23.2 Å². The second-order valence-corrected chi connectivity index (χ2v) is 4.86. The Balaban J connectivity index is 2.26. The Morgan fingerprint density at radius 2 is 1.72 bits per heavy atom. The van der Waals surface area contributed by atoms with Crippen LogP contribution in [0.25, 0.3) is 11.1 Å². The van der Waals surface area contributed by atoms with E-state index in [9.17, 15) is 0 Å². The summed E-state index contributed by atoms with van der Waals surface area (Å²) in [4.78, 5) is 0. The first-order chi connectivity index (χ1) is 8.72. The van der Waals surface area contributed by atoms with Gasteiger partial charge in [0.25, 0.3) is 0 Å². The summed E-state index contributed by atoms with van der Waals surface area (Å²) in [7, 11) is 0. The molecule has 0 saturated carbocycles. The van der Waals surface area contributed by atoms with E-state index in [0.29, 0.717) is 10.0 Å². The molecule has 2 aromatic carbocycles. The van der Waals surface area contributed by atoms with E-state index in [4.69, 9.17) is 23.2 Å². The Kier molecular flexibility index (Phi) is 4.65. The molecular weight excluding hydrogens is 265 g/mol. The van der Waals surface area contributed by atoms with Gasteiger partial charge in [0.15, 0.2) is 0 Å². The monoisotopic (exact) mass is 279 g/mol. The van der Waals surface area contributed by atoms with Gasteiger partial charge in [-0.05, 0) is 23.7 Å². The van der Waals surface area contributed by atoms with Gasteiger partial charge >= 0.3 is 0 Å². The van der Waals surface area contributed by atoms with Gasteiger partial charge in [0, 0.05) is 12.1 Å². The molecule has 3 heteroatoms. The van der Waals surface area contributed by atoms with Crippen LogP contribution in [0, 0.1) is 0 Å². The molecule has 0 atom stereocenters. The van der Waals surface area contributed by atoms with Gasteiger partial charge in [-0.3, -0.25) is 0 Å². The predicted molar refractivity (Wildman–Crippen MR) is 79.3 cm³/mol. The molecule has 0 heterocycles. The maximum atomic E-state index is 6.21. The van der Waals surface area contributed by atoms with E-state index in [0.717, 1.165) is 24.2 Å². The normalized spacial score (nSPS) is 10.6. The molecule has 0 bridgehead atoms. The molecule has 0 aliphatic rings. The largest absolute Gasteiger partial charge is 0.313 e. The van der Waals surface area contributed by atoms with Crippen LogP contribution in [-0.4, -0.2) is 6.54 Å². The van der Waals surface area contributed by atoms with Crippen LogP contribution in [0.5, 0.6) is 0 Å². The Hall–Kier alpha value is -1.02. The van der Waals surface area contributed by atoms with Gasteiger partial charge in [0.2, 0.25) is 0 Å². The Labute approximate surface area is 118 Å². The van der Waals surface area contributed by atoms with E-state index in [2.05, 4.69) is 36.5 Å². The molecule has 0 fully saturated rings. The van der Waals surface area contributed by atoms with E-state index in [-0.39, 0.29) is 0 Å². The summed E-state index contributed by atoms with van der Waals surface area (Å²) in [5, 5.41) is 4.50. The van der Waals surface area contributed by atoms with Crippen molar-refractivity contribution in [3.8, 4) is 11.1 Å². The van der Waals surface area contributed by atoms with Crippen molar-refractivity contribution >= 4 is 23.2 Å². The molecule has 0 unspecified atom stereocenters. The molecule has 2 aromatic rings. The lowest BCUT2D eigenvalue weighted by molar-refractivity contribution is 0.727. The lowest BCUT2D eigenvalue weighted by Crippen LogP contribution is -2.11. The molecule has 0 aromatic heterocycles. The van der Waals surface area contributed by atoms with Gasteiger partial charge in [-0.25, -0.2) is 0 Å². The summed E-state index contributed by atoms with van der Waals surface area (Å²) in [6.07, 6.45) is 0. The number of nitrogens with one attached hydrogen (secondary N) is 1. The third kappa shape index (κ3) is 3.05. The maximum Gasteiger partial charge on any atom is 0.0670 e. The number of rotatable bonds is 4. The highest BCUT2D eigenvalue weighted by molar-refractivity contribution is 6.43. The zero-order valence-corrected chi connectivity index (χ0v) is 11.7. The lowest BCUT2D eigenvalue weighted by Gasteiger charge is -2.07. The molecule has 0 spiro atoms. The van der Waals surface area contributed by atoms with Gasteiger partial charge in [0.1, 0.15) is 0 Å². The van der Waals surface area contributed by atoms with Crippen LogP contribution in [0.15, 0.2) is 42.5 Å². The predicted octanol–water partition coefficient (Wildman–Crippen LogP) is 4.77. The molecule has 94 valence electrons. The summed E-state index contributed by atoms with van der Waals surface area (Å²) >= 11 is 12.2.